The van der Waals surface area contributed by atoms with E-state index in [4.69, 9.17) is 10.6 Å². The minimum atomic E-state index is -0.833. The first-order valence-corrected chi connectivity index (χ1v) is 10.0. The molecule has 6 nitrogen and oxygen atoms in total. The van der Waals surface area contributed by atoms with E-state index < -0.39 is 5.60 Å². The van der Waals surface area contributed by atoms with Crippen LogP contribution in [-0.4, -0.2) is 23.4 Å². The van der Waals surface area contributed by atoms with Crippen LogP contribution in [0.4, 0.5) is 4.79 Å². The highest BCUT2D eigenvalue weighted by Gasteiger charge is 2.43. The summed E-state index contributed by atoms with van der Waals surface area (Å²) in [7, 11) is 0. The van der Waals surface area contributed by atoms with Gasteiger partial charge in [-0.1, -0.05) is 58.4 Å². The van der Waals surface area contributed by atoms with Gasteiger partial charge in [0.25, 0.3) is 0 Å². The van der Waals surface area contributed by atoms with Gasteiger partial charge in [-0.3, -0.25) is 10.2 Å². The van der Waals surface area contributed by atoms with Crippen LogP contribution in [0.3, 0.4) is 0 Å². The van der Waals surface area contributed by atoms with Crippen LogP contribution in [0, 0.1) is 0 Å². The molecular weight excluding hydrogens is 422 g/mol. The normalized spacial score (nSPS) is 20.4. The number of rotatable bonds is 6. The van der Waals surface area contributed by atoms with Crippen LogP contribution in [-0.2, 0) is 15.1 Å². The Morgan fingerprint density at radius 2 is 1.93 bits per heavy atom. The van der Waals surface area contributed by atoms with Crippen LogP contribution in [0.25, 0.3) is 0 Å². The number of cyclic esters (lactones) is 1. The molecule has 0 aliphatic carbocycles. The number of hydrazine groups is 1. The summed E-state index contributed by atoms with van der Waals surface area (Å²) in [4.78, 5) is 26.4. The summed E-state index contributed by atoms with van der Waals surface area (Å²) >= 11 is 3.43. The molecular formula is C21H24BrN3O3. The second-order valence-electron chi connectivity index (χ2n) is 6.97. The quantitative estimate of drug-likeness (QED) is 0.399. The number of carbonyl (C=O) groups is 2. The fourth-order valence-electron chi connectivity index (χ4n) is 3.60. The summed E-state index contributed by atoms with van der Waals surface area (Å²) < 4.78 is 6.98. The molecule has 148 valence electrons. The molecule has 7 heteroatoms. The zero-order valence-corrected chi connectivity index (χ0v) is 17.3. The molecule has 28 heavy (non-hydrogen) atoms. The molecule has 0 radical (unpaired) electrons. The molecule has 1 aliphatic heterocycles. The lowest BCUT2D eigenvalue weighted by atomic mass is 9.84. The van der Waals surface area contributed by atoms with Gasteiger partial charge in [-0.05, 0) is 30.2 Å². The molecule has 3 N–H and O–H groups in total. The SMILES string of the molecule is C[C@@H](c1ccc(Br)cc1)N1CC[C@](CCC(=O)NN)(c2ccccc2)OC1=O. The Bertz CT molecular complexity index is 829. The standard InChI is InChI=1S/C21H24BrN3O3/c1-15(16-7-9-18(22)10-8-16)25-14-13-21(28-20(25)27,12-11-19(26)24-23)17-5-3-2-4-6-17/h2-10,15H,11-14,23H2,1H3,(H,24,26)/t15-,21+/m0/s1. The number of carbonyl (C=O) groups excluding carboxylic acids is 2. The molecule has 1 saturated heterocycles. The van der Waals surface area contributed by atoms with Crippen LogP contribution in [0.2, 0.25) is 0 Å². The van der Waals surface area contributed by atoms with E-state index in [-0.39, 0.29) is 24.5 Å². The number of nitrogens with one attached hydrogen (secondary N) is 1. The molecule has 0 saturated carbocycles. The van der Waals surface area contributed by atoms with Crippen LogP contribution in [0.5, 0.6) is 0 Å². The first kappa shape index (κ1) is 20.4. The highest BCUT2D eigenvalue weighted by molar-refractivity contribution is 9.10. The number of halogens is 1. The molecule has 0 spiro atoms. The largest absolute Gasteiger partial charge is 0.438 e. The van der Waals surface area contributed by atoms with Crippen molar-refractivity contribution in [3.63, 3.8) is 0 Å². The minimum absolute atomic E-state index is 0.110. The lowest BCUT2D eigenvalue weighted by molar-refractivity contribution is -0.124. The first-order chi connectivity index (χ1) is 13.4. The Labute approximate surface area is 173 Å². The summed E-state index contributed by atoms with van der Waals surface area (Å²) in [5.74, 6) is 4.93. The van der Waals surface area contributed by atoms with Gasteiger partial charge < -0.3 is 9.64 Å². The summed E-state index contributed by atoms with van der Waals surface area (Å²) in [5.41, 5.74) is 3.24. The topological polar surface area (TPSA) is 84.7 Å². The Morgan fingerprint density at radius 1 is 1.25 bits per heavy atom. The minimum Gasteiger partial charge on any atom is -0.438 e. The lowest BCUT2D eigenvalue weighted by Crippen LogP contribution is -2.49. The van der Waals surface area contributed by atoms with Crippen molar-refractivity contribution in [1.82, 2.24) is 10.3 Å². The summed E-state index contributed by atoms with van der Waals surface area (Å²) in [6.07, 6.45) is 0.785. The number of nitrogens with two attached hydrogens (primary N) is 1. The number of amides is 2. The first-order valence-electron chi connectivity index (χ1n) is 9.25. The molecule has 0 unspecified atom stereocenters. The third-order valence-electron chi connectivity index (χ3n) is 5.31. The molecule has 0 aromatic heterocycles. The molecule has 0 bridgehead atoms. The highest BCUT2D eigenvalue weighted by Crippen LogP contribution is 2.40. The van der Waals surface area contributed by atoms with Crippen molar-refractivity contribution in [3.8, 4) is 0 Å². The third-order valence-corrected chi connectivity index (χ3v) is 5.84. The summed E-state index contributed by atoms with van der Waals surface area (Å²) in [6.45, 7) is 2.52. The Balaban J connectivity index is 1.81. The van der Waals surface area contributed by atoms with Gasteiger partial charge in [0.15, 0.2) is 0 Å². The zero-order valence-electron chi connectivity index (χ0n) is 15.7. The molecule has 2 aromatic rings. The second-order valence-corrected chi connectivity index (χ2v) is 7.88. The monoisotopic (exact) mass is 445 g/mol. The molecule has 2 atom stereocenters. The van der Waals surface area contributed by atoms with E-state index in [0.717, 1.165) is 15.6 Å². The molecule has 2 aromatic carbocycles. The summed E-state index contributed by atoms with van der Waals surface area (Å²) in [6, 6.07) is 17.4. The predicted molar refractivity (Wildman–Crippen MR) is 110 cm³/mol. The van der Waals surface area contributed by atoms with E-state index in [2.05, 4.69) is 21.4 Å². The van der Waals surface area contributed by atoms with E-state index in [9.17, 15) is 9.59 Å². The molecule has 1 fully saturated rings. The maximum Gasteiger partial charge on any atom is 0.411 e. The summed E-state index contributed by atoms with van der Waals surface area (Å²) in [5, 5.41) is 0. The van der Waals surface area contributed by atoms with Crippen molar-refractivity contribution < 1.29 is 14.3 Å². The van der Waals surface area contributed by atoms with Gasteiger partial charge in [0.05, 0.1) is 6.04 Å². The molecule has 1 heterocycles. The van der Waals surface area contributed by atoms with E-state index >= 15 is 0 Å². The third kappa shape index (κ3) is 4.36. The lowest BCUT2D eigenvalue weighted by Gasteiger charge is -2.43. The smallest absolute Gasteiger partial charge is 0.411 e. The predicted octanol–water partition coefficient (Wildman–Crippen LogP) is 4.02. The Morgan fingerprint density at radius 3 is 2.54 bits per heavy atom. The maximum atomic E-state index is 12.9. The number of hydrogen-bond donors (Lipinski definition) is 2. The zero-order chi connectivity index (χ0) is 20.1. The van der Waals surface area contributed by atoms with Crippen LogP contribution in [0.15, 0.2) is 59.1 Å². The van der Waals surface area contributed by atoms with Gasteiger partial charge >= 0.3 is 6.09 Å². The van der Waals surface area contributed by atoms with Gasteiger partial charge in [0.2, 0.25) is 5.91 Å². The average Bonchev–Trinajstić information content (AvgIpc) is 2.72. The van der Waals surface area contributed by atoms with Crippen molar-refractivity contribution >= 4 is 27.9 Å². The van der Waals surface area contributed by atoms with Gasteiger partial charge in [-0.2, -0.15) is 0 Å². The van der Waals surface area contributed by atoms with Gasteiger partial charge in [-0.25, -0.2) is 10.6 Å². The number of ether oxygens (including phenoxy) is 1. The Kier molecular flexibility index (Phi) is 6.36. The van der Waals surface area contributed by atoms with Gasteiger partial charge in [0, 0.05) is 30.3 Å². The van der Waals surface area contributed by atoms with E-state index in [1.807, 2.05) is 61.5 Å². The Hall–Kier alpha value is -2.38. The van der Waals surface area contributed by atoms with Crippen molar-refractivity contribution in [2.45, 2.75) is 37.8 Å². The van der Waals surface area contributed by atoms with Crippen LogP contribution in [0.1, 0.15) is 43.4 Å². The fraction of sp³-hybridized carbons (Fsp3) is 0.333. The van der Waals surface area contributed by atoms with E-state index in [1.165, 1.54) is 0 Å². The maximum absolute atomic E-state index is 12.9. The van der Waals surface area contributed by atoms with Crippen molar-refractivity contribution in [1.29, 1.82) is 0 Å². The van der Waals surface area contributed by atoms with Crippen molar-refractivity contribution in [2.24, 2.45) is 5.84 Å². The van der Waals surface area contributed by atoms with Crippen molar-refractivity contribution in [3.05, 3.63) is 70.2 Å². The van der Waals surface area contributed by atoms with Crippen LogP contribution >= 0.6 is 15.9 Å². The van der Waals surface area contributed by atoms with Gasteiger partial charge in [0.1, 0.15) is 5.60 Å². The van der Waals surface area contributed by atoms with E-state index in [1.54, 1.807) is 4.90 Å². The number of benzene rings is 2. The van der Waals surface area contributed by atoms with Crippen molar-refractivity contribution in [2.75, 3.05) is 6.54 Å². The average molecular weight is 446 g/mol. The number of hydrogen-bond acceptors (Lipinski definition) is 4. The second kappa shape index (κ2) is 8.75. The molecule has 1 aliphatic rings. The molecule has 2 amide bonds. The highest BCUT2D eigenvalue weighted by atomic mass is 79.9. The van der Waals surface area contributed by atoms with Crippen LogP contribution < -0.4 is 11.3 Å². The van der Waals surface area contributed by atoms with E-state index in [0.29, 0.717) is 19.4 Å². The molecule has 3 rings (SSSR count). The number of nitrogens with zero attached hydrogens (tertiary/aromatic N) is 1. The fourth-order valence-corrected chi connectivity index (χ4v) is 3.86. The van der Waals surface area contributed by atoms with Gasteiger partial charge in [-0.15, -0.1) is 0 Å².